The van der Waals surface area contributed by atoms with Gasteiger partial charge in [-0.25, -0.2) is 0 Å². The molecule has 0 unspecified atom stereocenters. The van der Waals surface area contributed by atoms with Crippen LogP contribution in [0.2, 0.25) is 6.32 Å². The van der Waals surface area contributed by atoms with Crippen molar-refractivity contribution in [2.45, 2.75) is 62.7 Å². The predicted octanol–water partition coefficient (Wildman–Crippen LogP) is 3.67. The number of alkyl halides is 3. The fraction of sp³-hybridized carbons (Fsp3) is 0.458. The number of halogens is 3. The third-order valence-electron chi connectivity index (χ3n) is 6.66. The van der Waals surface area contributed by atoms with Crippen LogP contribution < -0.4 is 11.1 Å². The summed E-state index contributed by atoms with van der Waals surface area (Å²) in [4.78, 5) is 11.8. The first kappa shape index (κ1) is 26.2. The molecule has 1 saturated carbocycles. The van der Waals surface area contributed by atoms with E-state index in [1.54, 1.807) is 0 Å². The Kier molecular flexibility index (Phi) is 8.40. The van der Waals surface area contributed by atoms with Gasteiger partial charge in [0.15, 0.2) is 0 Å². The normalized spacial score (nSPS) is 19.8. The minimum atomic E-state index is -4.36. The van der Waals surface area contributed by atoms with Crippen molar-refractivity contribution in [3.05, 3.63) is 59.7 Å². The number of rotatable bonds is 11. The number of unbranched alkanes of at least 4 members (excludes halogenated alkanes) is 1. The molecule has 1 fully saturated rings. The van der Waals surface area contributed by atoms with Gasteiger partial charge in [0.2, 0.25) is 0 Å². The molecule has 0 saturated heterocycles. The van der Waals surface area contributed by atoms with E-state index in [1.807, 2.05) is 24.3 Å². The molecular formula is C24H30BF3N2O4. The van der Waals surface area contributed by atoms with Crippen LogP contribution in [0.5, 0.6) is 0 Å². The van der Waals surface area contributed by atoms with Crippen LogP contribution in [0.4, 0.5) is 13.2 Å². The number of nitrogens with one attached hydrogen (secondary N) is 1. The highest BCUT2D eigenvalue weighted by Gasteiger charge is 2.48. The van der Waals surface area contributed by atoms with Crippen LogP contribution >= 0.6 is 0 Å². The third-order valence-corrected chi connectivity index (χ3v) is 6.66. The second-order valence-electron chi connectivity index (χ2n) is 9.09. The van der Waals surface area contributed by atoms with Gasteiger partial charge in [-0.15, -0.1) is 0 Å². The zero-order chi connectivity index (χ0) is 24.9. The van der Waals surface area contributed by atoms with E-state index in [4.69, 9.17) is 15.8 Å². The molecule has 0 bridgehead atoms. The first-order valence-corrected chi connectivity index (χ1v) is 11.4. The van der Waals surface area contributed by atoms with Crippen molar-refractivity contribution in [3.8, 4) is 11.1 Å². The standard InChI is InChI=1S/C24H30BF3N2O4/c26-24(27,28)19-9-7-18(8-10-19)17-5-3-16(4-6-17)15-30-21-13-20(14-21)23(29,22(31)32)11-1-2-12-25(33)34/h3-10,20-21,30,33-34H,1-2,11-15,29H2,(H,31,32)/t20?,21?,23-/m0/s1. The molecule has 0 amide bonds. The van der Waals surface area contributed by atoms with Crippen molar-refractivity contribution >= 4 is 13.1 Å². The Morgan fingerprint density at radius 2 is 1.56 bits per heavy atom. The van der Waals surface area contributed by atoms with Crippen LogP contribution in [0.3, 0.4) is 0 Å². The Hall–Kier alpha value is -2.40. The van der Waals surface area contributed by atoms with Crippen molar-refractivity contribution in [2.75, 3.05) is 0 Å². The lowest BCUT2D eigenvalue weighted by Crippen LogP contribution is -2.61. The first-order valence-electron chi connectivity index (χ1n) is 11.4. The van der Waals surface area contributed by atoms with Gasteiger partial charge in [-0.05, 0) is 60.3 Å². The van der Waals surface area contributed by atoms with Gasteiger partial charge in [0, 0.05) is 12.6 Å². The zero-order valence-corrected chi connectivity index (χ0v) is 18.8. The van der Waals surface area contributed by atoms with E-state index in [9.17, 15) is 23.1 Å². The van der Waals surface area contributed by atoms with Crippen LogP contribution in [-0.2, 0) is 17.5 Å². The van der Waals surface area contributed by atoms with Crippen molar-refractivity contribution < 1.29 is 33.1 Å². The lowest BCUT2D eigenvalue weighted by molar-refractivity contribution is -0.148. The summed E-state index contributed by atoms with van der Waals surface area (Å²) in [6, 6.07) is 12.8. The van der Waals surface area contributed by atoms with E-state index in [0.717, 1.165) is 23.3 Å². The molecule has 1 atom stereocenters. The topological polar surface area (TPSA) is 116 Å². The monoisotopic (exact) mass is 478 g/mol. The number of benzene rings is 2. The molecule has 2 aromatic rings. The number of hydrogen-bond acceptors (Lipinski definition) is 5. The maximum Gasteiger partial charge on any atom is 0.451 e. The Bertz CT molecular complexity index is 948. The van der Waals surface area contributed by atoms with E-state index < -0.39 is 30.4 Å². The molecule has 6 N–H and O–H groups in total. The highest BCUT2D eigenvalue weighted by Crippen LogP contribution is 2.38. The van der Waals surface area contributed by atoms with Gasteiger partial charge in [0.05, 0.1) is 5.56 Å². The summed E-state index contributed by atoms with van der Waals surface area (Å²) in [5.74, 6) is -1.18. The van der Waals surface area contributed by atoms with Crippen molar-refractivity contribution in [2.24, 2.45) is 11.7 Å². The molecular weight excluding hydrogens is 448 g/mol. The van der Waals surface area contributed by atoms with E-state index in [1.165, 1.54) is 12.1 Å². The Morgan fingerprint density at radius 1 is 1.00 bits per heavy atom. The van der Waals surface area contributed by atoms with Crippen LogP contribution in [-0.4, -0.2) is 39.8 Å². The molecule has 3 rings (SSSR count). The quantitative estimate of drug-likeness (QED) is 0.249. The summed E-state index contributed by atoms with van der Waals surface area (Å²) in [6.07, 6.45) is -1.56. The summed E-state index contributed by atoms with van der Waals surface area (Å²) in [6.45, 7) is 0.587. The fourth-order valence-electron chi connectivity index (χ4n) is 4.36. The molecule has 1 aliphatic rings. The Balaban J connectivity index is 1.47. The first-order chi connectivity index (χ1) is 16.0. The fourth-order valence-corrected chi connectivity index (χ4v) is 4.36. The second kappa shape index (κ2) is 10.9. The van der Waals surface area contributed by atoms with Crippen LogP contribution in [0, 0.1) is 5.92 Å². The van der Waals surface area contributed by atoms with Gasteiger partial charge in [-0.1, -0.05) is 49.2 Å². The van der Waals surface area contributed by atoms with E-state index in [2.05, 4.69) is 5.32 Å². The Labute approximate surface area is 197 Å². The minimum absolute atomic E-state index is 0.149. The molecule has 0 aromatic heterocycles. The Morgan fingerprint density at radius 3 is 2.06 bits per heavy atom. The molecule has 6 nitrogen and oxygen atoms in total. The van der Waals surface area contributed by atoms with Crippen molar-refractivity contribution in [3.63, 3.8) is 0 Å². The summed E-state index contributed by atoms with van der Waals surface area (Å²) in [7, 11) is -1.39. The molecule has 10 heteroatoms. The molecule has 1 aliphatic carbocycles. The molecule has 184 valence electrons. The highest BCUT2D eigenvalue weighted by molar-refractivity contribution is 6.40. The maximum absolute atomic E-state index is 12.7. The van der Waals surface area contributed by atoms with Gasteiger partial charge >= 0.3 is 19.3 Å². The van der Waals surface area contributed by atoms with Crippen molar-refractivity contribution in [1.82, 2.24) is 5.32 Å². The van der Waals surface area contributed by atoms with Crippen LogP contribution in [0.25, 0.3) is 11.1 Å². The molecule has 0 radical (unpaired) electrons. The molecule has 2 aromatic carbocycles. The number of nitrogens with two attached hydrogens (primary N) is 1. The highest BCUT2D eigenvalue weighted by atomic mass is 19.4. The molecule has 0 spiro atoms. The van der Waals surface area contributed by atoms with E-state index in [0.29, 0.717) is 37.8 Å². The summed E-state index contributed by atoms with van der Waals surface area (Å²) in [5, 5.41) is 30.9. The van der Waals surface area contributed by atoms with Crippen LogP contribution in [0.15, 0.2) is 48.5 Å². The van der Waals surface area contributed by atoms with Gasteiger partial charge in [0.25, 0.3) is 0 Å². The van der Waals surface area contributed by atoms with E-state index in [-0.39, 0.29) is 24.7 Å². The van der Waals surface area contributed by atoms with Gasteiger partial charge in [-0.3, -0.25) is 4.79 Å². The maximum atomic E-state index is 12.7. The average molecular weight is 478 g/mol. The average Bonchev–Trinajstić information content (AvgIpc) is 2.75. The van der Waals surface area contributed by atoms with Crippen LogP contribution in [0.1, 0.15) is 43.2 Å². The predicted molar refractivity (Wildman–Crippen MR) is 124 cm³/mol. The zero-order valence-electron chi connectivity index (χ0n) is 18.8. The summed E-state index contributed by atoms with van der Waals surface area (Å²) in [5.41, 5.74) is 6.77. The lowest BCUT2D eigenvalue weighted by Gasteiger charge is -2.45. The molecule has 0 heterocycles. The third kappa shape index (κ3) is 6.60. The van der Waals surface area contributed by atoms with Gasteiger partial charge in [0.1, 0.15) is 5.54 Å². The smallest absolute Gasteiger partial charge is 0.451 e. The SMILES string of the molecule is N[C@](CCCCB(O)O)(C(=O)O)C1CC(NCc2ccc(-c3ccc(C(F)(F)F)cc3)cc2)C1. The summed E-state index contributed by atoms with van der Waals surface area (Å²) >= 11 is 0. The van der Waals surface area contributed by atoms with Gasteiger partial charge in [-0.2, -0.15) is 13.2 Å². The minimum Gasteiger partial charge on any atom is -0.480 e. The number of hydrogen-bond donors (Lipinski definition) is 5. The number of carboxylic acids is 1. The molecule has 0 aliphatic heterocycles. The number of carbonyl (C=O) groups is 1. The number of aliphatic carboxylic acids is 1. The summed E-state index contributed by atoms with van der Waals surface area (Å²) < 4.78 is 38.2. The largest absolute Gasteiger partial charge is 0.480 e. The molecule has 34 heavy (non-hydrogen) atoms. The second-order valence-corrected chi connectivity index (χ2v) is 9.09. The van der Waals surface area contributed by atoms with E-state index >= 15 is 0 Å². The lowest BCUT2D eigenvalue weighted by atomic mass is 9.66. The number of carboxylic acid groups (broad SMARTS) is 1. The van der Waals surface area contributed by atoms with Gasteiger partial charge < -0.3 is 26.2 Å². The van der Waals surface area contributed by atoms with Crippen molar-refractivity contribution in [1.29, 1.82) is 0 Å².